The normalized spacial score (nSPS) is 15.7. The van der Waals surface area contributed by atoms with E-state index in [4.69, 9.17) is 9.47 Å². The summed E-state index contributed by atoms with van der Waals surface area (Å²) >= 11 is 0. The summed E-state index contributed by atoms with van der Waals surface area (Å²) in [5.74, 6) is 0.303. The topological polar surface area (TPSA) is 96.5 Å². The highest BCUT2D eigenvalue weighted by molar-refractivity contribution is 7.92. The summed E-state index contributed by atoms with van der Waals surface area (Å²) < 4.78 is 35.0. The summed E-state index contributed by atoms with van der Waals surface area (Å²) in [6.07, 6.45) is 0.0607. The van der Waals surface area contributed by atoms with E-state index in [2.05, 4.69) is 0 Å². The van der Waals surface area contributed by atoms with Gasteiger partial charge >= 0.3 is 6.09 Å². The van der Waals surface area contributed by atoms with Crippen LogP contribution in [0, 0.1) is 0 Å². The highest BCUT2D eigenvalue weighted by atomic mass is 32.2. The first-order chi connectivity index (χ1) is 13.1. The Bertz CT molecular complexity index is 788. The average Bonchev–Trinajstić information content (AvgIpc) is 2.67. The van der Waals surface area contributed by atoms with Crippen molar-refractivity contribution in [2.45, 2.75) is 20.0 Å². The molecule has 1 atom stereocenters. The van der Waals surface area contributed by atoms with Gasteiger partial charge in [0.25, 0.3) is 5.91 Å². The molecule has 10 heteroatoms. The van der Waals surface area contributed by atoms with E-state index in [-0.39, 0.29) is 12.0 Å². The number of carbonyl (C=O) groups excluding carboxylic acids is 2. The zero-order chi connectivity index (χ0) is 20.9. The molecule has 1 aromatic carbocycles. The van der Waals surface area contributed by atoms with Gasteiger partial charge in [-0.2, -0.15) is 0 Å². The van der Waals surface area contributed by atoms with E-state index in [1.807, 2.05) is 0 Å². The summed E-state index contributed by atoms with van der Waals surface area (Å²) in [6.45, 7) is 5.42. The number of anilines is 1. The number of nitrogens with zero attached hydrogens (tertiary/aromatic N) is 3. The minimum atomic E-state index is -3.34. The van der Waals surface area contributed by atoms with Crippen LogP contribution in [0.2, 0.25) is 0 Å². The third kappa shape index (κ3) is 5.51. The van der Waals surface area contributed by atoms with E-state index >= 15 is 0 Å². The van der Waals surface area contributed by atoms with Crippen molar-refractivity contribution in [2.75, 3.05) is 50.4 Å². The maximum absolute atomic E-state index is 12.6. The number of hydrogen-bond acceptors (Lipinski definition) is 6. The van der Waals surface area contributed by atoms with Crippen molar-refractivity contribution in [2.24, 2.45) is 0 Å². The predicted molar refractivity (Wildman–Crippen MR) is 105 cm³/mol. The quantitative estimate of drug-likeness (QED) is 0.694. The van der Waals surface area contributed by atoms with Gasteiger partial charge in [-0.15, -0.1) is 0 Å². The fourth-order valence-corrected chi connectivity index (χ4v) is 3.27. The van der Waals surface area contributed by atoms with Crippen LogP contribution < -0.4 is 9.04 Å². The van der Waals surface area contributed by atoms with E-state index in [0.29, 0.717) is 44.2 Å². The molecule has 0 N–H and O–H groups in total. The van der Waals surface area contributed by atoms with Crippen molar-refractivity contribution >= 4 is 27.7 Å². The molecule has 0 bridgehead atoms. The van der Waals surface area contributed by atoms with Crippen LogP contribution >= 0.6 is 0 Å². The summed E-state index contributed by atoms with van der Waals surface area (Å²) in [5, 5.41) is 0. The van der Waals surface area contributed by atoms with Gasteiger partial charge in [0, 0.05) is 33.2 Å². The molecule has 0 radical (unpaired) electrons. The fourth-order valence-electron chi connectivity index (χ4n) is 2.76. The number of benzene rings is 1. The molecule has 156 valence electrons. The van der Waals surface area contributed by atoms with Crippen molar-refractivity contribution in [1.82, 2.24) is 9.80 Å². The monoisotopic (exact) mass is 413 g/mol. The molecule has 1 fully saturated rings. The molecule has 9 nitrogen and oxygen atoms in total. The number of ether oxygens (including phenoxy) is 2. The third-order valence-corrected chi connectivity index (χ3v) is 5.68. The Morgan fingerprint density at radius 3 is 2.14 bits per heavy atom. The Hall–Kier alpha value is -2.49. The first-order valence-electron chi connectivity index (χ1n) is 9.04. The molecular formula is C18H27N3O6S. The van der Waals surface area contributed by atoms with Crippen LogP contribution in [0.4, 0.5) is 10.5 Å². The molecule has 0 aliphatic carbocycles. The van der Waals surface area contributed by atoms with Crippen molar-refractivity contribution < 1.29 is 27.5 Å². The second-order valence-electron chi connectivity index (χ2n) is 6.50. The van der Waals surface area contributed by atoms with Gasteiger partial charge in [0.05, 0.1) is 18.6 Å². The van der Waals surface area contributed by atoms with Gasteiger partial charge in [-0.3, -0.25) is 9.10 Å². The van der Waals surface area contributed by atoms with E-state index < -0.39 is 16.1 Å². The largest absolute Gasteiger partial charge is 0.481 e. The lowest BCUT2D eigenvalue weighted by Crippen LogP contribution is -2.53. The van der Waals surface area contributed by atoms with Crippen LogP contribution in [-0.2, 0) is 19.6 Å². The molecule has 2 rings (SSSR count). The van der Waals surface area contributed by atoms with Crippen LogP contribution in [0.5, 0.6) is 5.75 Å². The zero-order valence-corrected chi connectivity index (χ0v) is 17.4. The SMILES string of the molecule is CCOC(=O)N1CCN(C(=O)C(C)Oc2ccc(N(C)S(C)(=O)=O)cc2)CC1. The summed E-state index contributed by atoms with van der Waals surface area (Å²) in [5.41, 5.74) is 0.504. The zero-order valence-electron chi connectivity index (χ0n) is 16.6. The Labute approximate surface area is 165 Å². The number of hydrogen-bond donors (Lipinski definition) is 0. The molecule has 0 aromatic heterocycles. The van der Waals surface area contributed by atoms with Crippen LogP contribution in [-0.4, -0.2) is 82.4 Å². The third-order valence-electron chi connectivity index (χ3n) is 4.48. The van der Waals surface area contributed by atoms with Gasteiger partial charge in [0.2, 0.25) is 10.0 Å². The molecule has 2 amide bonds. The summed E-state index contributed by atoms with van der Waals surface area (Å²) in [6, 6.07) is 6.48. The molecule has 1 unspecified atom stereocenters. The molecule has 1 aromatic rings. The molecule has 0 saturated carbocycles. The van der Waals surface area contributed by atoms with Crippen molar-refractivity contribution in [3.05, 3.63) is 24.3 Å². The fraction of sp³-hybridized carbons (Fsp3) is 0.556. The lowest BCUT2D eigenvalue weighted by molar-refractivity contribution is -0.139. The van der Waals surface area contributed by atoms with E-state index in [1.54, 1.807) is 47.9 Å². The summed E-state index contributed by atoms with van der Waals surface area (Å²) in [4.78, 5) is 27.5. The maximum Gasteiger partial charge on any atom is 0.409 e. The second-order valence-corrected chi connectivity index (χ2v) is 8.51. The second kappa shape index (κ2) is 9.13. The first-order valence-corrected chi connectivity index (χ1v) is 10.9. The molecule has 1 heterocycles. The van der Waals surface area contributed by atoms with Gasteiger partial charge in [0.15, 0.2) is 6.10 Å². The van der Waals surface area contributed by atoms with E-state index in [1.165, 1.54) is 7.05 Å². The van der Waals surface area contributed by atoms with Gasteiger partial charge in [-0.1, -0.05) is 0 Å². The maximum atomic E-state index is 12.6. The molecule has 1 aliphatic heterocycles. The lowest BCUT2D eigenvalue weighted by Gasteiger charge is -2.35. The molecule has 0 spiro atoms. The number of carbonyl (C=O) groups is 2. The van der Waals surface area contributed by atoms with Gasteiger partial charge in [0.1, 0.15) is 5.75 Å². The highest BCUT2D eigenvalue weighted by Crippen LogP contribution is 2.21. The molecular weight excluding hydrogens is 386 g/mol. The van der Waals surface area contributed by atoms with E-state index in [9.17, 15) is 18.0 Å². The lowest BCUT2D eigenvalue weighted by atomic mass is 10.2. The van der Waals surface area contributed by atoms with Crippen LogP contribution in [0.25, 0.3) is 0 Å². The van der Waals surface area contributed by atoms with Crippen LogP contribution in [0.1, 0.15) is 13.8 Å². The van der Waals surface area contributed by atoms with Crippen LogP contribution in [0.3, 0.4) is 0 Å². The minimum absolute atomic E-state index is 0.166. The number of sulfonamides is 1. The molecule has 1 saturated heterocycles. The number of piperazine rings is 1. The van der Waals surface area contributed by atoms with Gasteiger partial charge < -0.3 is 19.3 Å². The average molecular weight is 413 g/mol. The standard InChI is InChI=1S/C18H27N3O6S/c1-5-26-18(23)21-12-10-20(11-13-21)17(22)14(2)27-16-8-6-15(7-9-16)19(3)28(4,24)25/h6-9,14H,5,10-13H2,1-4H3. The minimum Gasteiger partial charge on any atom is -0.481 e. The Morgan fingerprint density at radius 2 is 1.64 bits per heavy atom. The predicted octanol–water partition coefficient (Wildman–Crippen LogP) is 1.15. The Kier molecular flexibility index (Phi) is 7.11. The van der Waals surface area contributed by atoms with Crippen molar-refractivity contribution in [1.29, 1.82) is 0 Å². The summed E-state index contributed by atoms with van der Waals surface area (Å²) in [7, 11) is -1.87. The Balaban J connectivity index is 1.90. The molecule has 28 heavy (non-hydrogen) atoms. The smallest absolute Gasteiger partial charge is 0.409 e. The highest BCUT2D eigenvalue weighted by Gasteiger charge is 2.28. The van der Waals surface area contributed by atoms with Crippen LogP contribution in [0.15, 0.2) is 24.3 Å². The Morgan fingerprint density at radius 1 is 1.11 bits per heavy atom. The van der Waals surface area contributed by atoms with Gasteiger partial charge in [-0.05, 0) is 38.1 Å². The van der Waals surface area contributed by atoms with Crippen molar-refractivity contribution in [3.8, 4) is 5.75 Å². The molecule has 1 aliphatic rings. The first kappa shape index (κ1) is 21.8. The van der Waals surface area contributed by atoms with E-state index in [0.717, 1.165) is 10.6 Å². The number of amides is 2. The van der Waals surface area contributed by atoms with Crippen molar-refractivity contribution in [3.63, 3.8) is 0 Å². The van der Waals surface area contributed by atoms with Gasteiger partial charge in [-0.25, -0.2) is 13.2 Å². The number of rotatable bonds is 6.